The molecule has 0 spiro atoms. The second-order valence-corrected chi connectivity index (χ2v) is 9.13. The standard InChI is InChI=1S/C29H26F6N2/c1-2-3-4-5-6-19-16-36-28(37-17-19)22-11-12-23-21(15-22)10-9-20(27(23)32)8-7-18-13-24(30)26(25(31)14-18)29(33,34)35/h9-17H,2-8H2,1H3. The Kier molecular flexibility index (Phi) is 8.15. The van der Waals surface area contributed by atoms with Gasteiger partial charge >= 0.3 is 6.18 Å². The third-order valence-corrected chi connectivity index (χ3v) is 6.38. The molecule has 2 nitrogen and oxygen atoms in total. The molecule has 1 heterocycles. The van der Waals surface area contributed by atoms with E-state index in [1.807, 2.05) is 12.4 Å². The van der Waals surface area contributed by atoms with E-state index in [-0.39, 0.29) is 18.4 Å². The van der Waals surface area contributed by atoms with Gasteiger partial charge < -0.3 is 0 Å². The Labute approximate surface area is 211 Å². The molecule has 4 rings (SSSR count). The van der Waals surface area contributed by atoms with Crippen LogP contribution in [0.1, 0.15) is 54.9 Å². The van der Waals surface area contributed by atoms with E-state index < -0.39 is 29.2 Å². The van der Waals surface area contributed by atoms with Crippen LogP contribution in [0.5, 0.6) is 0 Å². The molecular weight excluding hydrogens is 490 g/mol. The van der Waals surface area contributed by atoms with Crippen molar-refractivity contribution in [2.75, 3.05) is 0 Å². The third-order valence-electron chi connectivity index (χ3n) is 6.38. The fourth-order valence-electron chi connectivity index (χ4n) is 4.38. The summed E-state index contributed by atoms with van der Waals surface area (Å²) in [6, 6.07) is 9.74. The lowest BCUT2D eigenvalue weighted by Crippen LogP contribution is -2.12. The molecule has 0 aliphatic heterocycles. The third kappa shape index (κ3) is 6.29. The number of hydrogen-bond acceptors (Lipinski definition) is 2. The lowest BCUT2D eigenvalue weighted by atomic mass is 9.98. The summed E-state index contributed by atoms with van der Waals surface area (Å²) in [4.78, 5) is 8.91. The van der Waals surface area contributed by atoms with Crippen LogP contribution in [0.25, 0.3) is 22.2 Å². The molecule has 4 aromatic rings. The summed E-state index contributed by atoms with van der Waals surface area (Å²) in [6.45, 7) is 2.17. The maximum Gasteiger partial charge on any atom is 0.422 e. The zero-order valence-corrected chi connectivity index (χ0v) is 20.3. The van der Waals surface area contributed by atoms with Crippen LogP contribution in [0.3, 0.4) is 0 Å². The Morgan fingerprint density at radius 3 is 2.08 bits per heavy atom. The first-order valence-electron chi connectivity index (χ1n) is 12.2. The van der Waals surface area contributed by atoms with Gasteiger partial charge in [-0.15, -0.1) is 0 Å². The molecule has 37 heavy (non-hydrogen) atoms. The smallest absolute Gasteiger partial charge is 0.236 e. The van der Waals surface area contributed by atoms with Crippen molar-refractivity contribution in [2.24, 2.45) is 0 Å². The van der Waals surface area contributed by atoms with Crippen molar-refractivity contribution in [3.63, 3.8) is 0 Å². The Hall–Kier alpha value is -3.42. The van der Waals surface area contributed by atoms with Crippen LogP contribution >= 0.6 is 0 Å². The van der Waals surface area contributed by atoms with Crippen LogP contribution < -0.4 is 0 Å². The predicted octanol–water partition coefficient (Wildman–Crippen LogP) is 8.64. The number of alkyl halides is 3. The molecule has 0 saturated heterocycles. The summed E-state index contributed by atoms with van der Waals surface area (Å²) >= 11 is 0. The van der Waals surface area contributed by atoms with Crippen LogP contribution in [-0.2, 0) is 25.4 Å². The van der Waals surface area contributed by atoms with E-state index in [9.17, 15) is 22.0 Å². The number of nitrogens with zero attached hydrogens (tertiary/aromatic N) is 2. The molecule has 0 radical (unpaired) electrons. The van der Waals surface area contributed by atoms with Crippen LogP contribution in [0.2, 0.25) is 0 Å². The molecule has 0 aliphatic carbocycles. The number of rotatable bonds is 9. The molecule has 194 valence electrons. The molecule has 0 fully saturated rings. The number of benzene rings is 3. The topological polar surface area (TPSA) is 25.8 Å². The van der Waals surface area contributed by atoms with E-state index in [4.69, 9.17) is 0 Å². The first kappa shape index (κ1) is 26.6. The monoisotopic (exact) mass is 516 g/mol. The van der Waals surface area contributed by atoms with Crippen LogP contribution in [0.15, 0.2) is 54.9 Å². The minimum absolute atomic E-state index is 0.0174. The van der Waals surface area contributed by atoms with E-state index in [1.165, 1.54) is 19.3 Å². The number of halogens is 6. The molecule has 0 saturated carbocycles. The van der Waals surface area contributed by atoms with Crippen molar-refractivity contribution >= 4 is 10.8 Å². The minimum atomic E-state index is -5.13. The molecule has 0 aliphatic rings. The average Bonchev–Trinajstić information content (AvgIpc) is 2.85. The Morgan fingerprint density at radius 1 is 0.730 bits per heavy atom. The van der Waals surface area contributed by atoms with E-state index in [2.05, 4.69) is 16.9 Å². The van der Waals surface area contributed by atoms with Gasteiger partial charge in [-0.1, -0.05) is 50.5 Å². The van der Waals surface area contributed by atoms with Gasteiger partial charge in [-0.25, -0.2) is 23.1 Å². The second kappa shape index (κ2) is 11.3. The second-order valence-electron chi connectivity index (χ2n) is 9.13. The molecule has 1 aromatic heterocycles. The van der Waals surface area contributed by atoms with Crippen LogP contribution in [0, 0.1) is 17.5 Å². The molecule has 0 atom stereocenters. The Morgan fingerprint density at radius 2 is 1.43 bits per heavy atom. The van der Waals surface area contributed by atoms with Gasteiger partial charge in [0.2, 0.25) is 0 Å². The summed E-state index contributed by atoms with van der Waals surface area (Å²) in [7, 11) is 0. The lowest BCUT2D eigenvalue weighted by molar-refractivity contribution is -0.142. The largest absolute Gasteiger partial charge is 0.422 e. The van der Waals surface area contributed by atoms with Crippen molar-refractivity contribution in [3.05, 3.63) is 94.6 Å². The first-order chi connectivity index (χ1) is 17.7. The highest BCUT2D eigenvalue weighted by atomic mass is 19.4. The maximum atomic E-state index is 15.2. The van der Waals surface area contributed by atoms with Crippen LogP contribution in [0.4, 0.5) is 26.3 Å². The molecule has 0 amide bonds. The van der Waals surface area contributed by atoms with Gasteiger partial charge in [-0.3, -0.25) is 0 Å². The average molecular weight is 517 g/mol. The minimum Gasteiger partial charge on any atom is -0.236 e. The zero-order chi connectivity index (χ0) is 26.6. The van der Waals surface area contributed by atoms with Gasteiger partial charge in [0.15, 0.2) is 5.82 Å². The van der Waals surface area contributed by atoms with E-state index in [1.54, 1.807) is 30.3 Å². The highest BCUT2D eigenvalue weighted by Crippen LogP contribution is 2.34. The van der Waals surface area contributed by atoms with E-state index >= 15 is 4.39 Å². The predicted molar refractivity (Wildman–Crippen MR) is 132 cm³/mol. The van der Waals surface area contributed by atoms with Crippen molar-refractivity contribution in [2.45, 2.75) is 58.0 Å². The van der Waals surface area contributed by atoms with Crippen LogP contribution in [-0.4, -0.2) is 9.97 Å². The number of unbranched alkanes of at least 4 members (excludes halogenated alkanes) is 3. The molecule has 3 aromatic carbocycles. The first-order valence-corrected chi connectivity index (χ1v) is 12.2. The zero-order valence-electron chi connectivity index (χ0n) is 20.3. The van der Waals surface area contributed by atoms with Gasteiger partial charge in [-0.05, 0) is 66.0 Å². The number of hydrogen-bond donors (Lipinski definition) is 0. The number of aromatic nitrogens is 2. The molecule has 0 unspecified atom stereocenters. The summed E-state index contributed by atoms with van der Waals surface area (Å²) in [5.74, 6) is -3.31. The molecule has 8 heteroatoms. The molecular formula is C29H26F6N2. The van der Waals surface area contributed by atoms with Crippen molar-refractivity contribution < 1.29 is 26.3 Å². The molecule has 0 bridgehead atoms. The van der Waals surface area contributed by atoms with Gasteiger partial charge in [0, 0.05) is 23.3 Å². The van der Waals surface area contributed by atoms with E-state index in [0.29, 0.717) is 34.3 Å². The SMILES string of the molecule is CCCCCCc1cnc(-c2ccc3c(F)c(CCc4cc(F)c(C(F)(F)F)c(F)c4)ccc3c2)nc1. The van der Waals surface area contributed by atoms with Crippen molar-refractivity contribution in [1.29, 1.82) is 0 Å². The summed E-state index contributed by atoms with van der Waals surface area (Å²) in [5, 5.41) is 0.996. The van der Waals surface area contributed by atoms with E-state index in [0.717, 1.165) is 24.0 Å². The van der Waals surface area contributed by atoms with Gasteiger partial charge in [0.1, 0.15) is 23.0 Å². The highest BCUT2D eigenvalue weighted by molar-refractivity contribution is 5.87. The quantitative estimate of drug-likeness (QED) is 0.164. The lowest BCUT2D eigenvalue weighted by Gasteiger charge is -2.12. The van der Waals surface area contributed by atoms with Crippen molar-refractivity contribution in [1.82, 2.24) is 9.97 Å². The summed E-state index contributed by atoms with van der Waals surface area (Å²) in [6.07, 6.45) is 4.13. The van der Waals surface area contributed by atoms with Crippen molar-refractivity contribution in [3.8, 4) is 11.4 Å². The fraction of sp³-hybridized carbons (Fsp3) is 0.310. The summed E-state index contributed by atoms with van der Waals surface area (Å²) in [5.41, 5.74) is 0.208. The number of aryl methyl sites for hydroxylation is 3. The normalized spacial score (nSPS) is 11.9. The Balaban J connectivity index is 1.48. The Bertz CT molecular complexity index is 1360. The summed E-state index contributed by atoms with van der Waals surface area (Å²) < 4.78 is 81.2. The molecule has 0 N–H and O–H groups in total. The highest BCUT2D eigenvalue weighted by Gasteiger charge is 2.37. The fourth-order valence-corrected chi connectivity index (χ4v) is 4.38. The van der Waals surface area contributed by atoms with Gasteiger partial charge in [-0.2, -0.15) is 13.2 Å². The van der Waals surface area contributed by atoms with Gasteiger partial charge in [0.25, 0.3) is 0 Å². The van der Waals surface area contributed by atoms with Gasteiger partial charge in [0.05, 0.1) is 0 Å². The maximum absolute atomic E-state index is 15.2. The number of fused-ring (bicyclic) bond motifs is 1.